The van der Waals surface area contributed by atoms with Crippen molar-refractivity contribution >= 4 is 46.1 Å². The molecule has 0 radical (unpaired) electrons. The summed E-state index contributed by atoms with van der Waals surface area (Å²) in [7, 11) is 0. The summed E-state index contributed by atoms with van der Waals surface area (Å²) in [6.07, 6.45) is 4.22. The van der Waals surface area contributed by atoms with E-state index in [0.29, 0.717) is 28.2 Å². The highest BCUT2D eigenvalue weighted by atomic mass is 35.5. The zero-order valence-electron chi connectivity index (χ0n) is 17.3. The van der Waals surface area contributed by atoms with Crippen molar-refractivity contribution < 1.29 is 19.1 Å². The monoisotopic (exact) mass is 462 g/mol. The van der Waals surface area contributed by atoms with Crippen LogP contribution in [0.3, 0.4) is 0 Å². The van der Waals surface area contributed by atoms with E-state index in [9.17, 15) is 14.7 Å². The number of nitrogens with one attached hydrogen (secondary N) is 1. The second-order valence-corrected chi connectivity index (χ2v) is 7.43. The lowest BCUT2D eigenvalue weighted by atomic mass is 10.2. The molecule has 0 aliphatic carbocycles. The molecule has 0 saturated heterocycles. The molecule has 2 aromatic heterocycles. The molecule has 0 spiro atoms. The second-order valence-electron chi connectivity index (χ2n) is 7.03. The van der Waals surface area contributed by atoms with Crippen molar-refractivity contribution in [3.63, 3.8) is 0 Å². The molecule has 4 aromatic rings. The number of fused-ring (bicyclic) bond motifs is 1. The fraction of sp³-hybridized carbons (Fsp3) is 0.0833. The molecule has 8 nitrogen and oxygen atoms in total. The van der Waals surface area contributed by atoms with Gasteiger partial charge < -0.3 is 19.4 Å². The highest BCUT2D eigenvalue weighted by Gasteiger charge is 2.17. The molecular formula is C24H19ClN4O4. The van der Waals surface area contributed by atoms with Crippen LogP contribution in [-0.2, 0) is 16.1 Å². The maximum absolute atomic E-state index is 12.1. The summed E-state index contributed by atoms with van der Waals surface area (Å²) < 4.78 is 6.74. The van der Waals surface area contributed by atoms with Gasteiger partial charge in [0, 0.05) is 16.5 Å². The van der Waals surface area contributed by atoms with Gasteiger partial charge in [-0.1, -0.05) is 48.0 Å². The van der Waals surface area contributed by atoms with E-state index in [1.807, 2.05) is 30.3 Å². The van der Waals surface area contributed by atoms with Crippen molar-refractivity contribution in [3.05, 3.63) is 89.3 Å². The number of halogens is 1. The highest BCUT2D eigenvalue weighted by molar-refractivity contribution is 6.31. The number of para-hydroxylation sites is 1. The van der Waals surface area contributed by atoms with Crippen LogP contribution in [0.15, 0.2) is 87.6 Å². The first-order valence-corrected chi connectivity index (χ1v) is 10.4. The molecule has 0 fully saturated rings. The second kappa shape index (κ2) is 9.97. The largest absolute Gasteiger partial charge is 0.493 e. The van der Waals surface area contributed by atoms with Gasteiger partial charge >= 0.3 is 0 Å². The quantitative estimate of drug-likeness (QED) is 0.294. The van der Waals surface area contributed by atoms with Crippen LogP contribution in [-0.4, -0.2) is 28.0 Å². The van der Waals surface area contributed by atoms with Gasteiger partial charge in [0.15, 0.2) is 5.69 Å². The average molecular weight is 463 g/mol. The number of carbonyl (C=O) groups excluding carboxylic acids is 2. The van der Waals surface area contributed by atoms with Crippen LogP contribution in [0.1, 0.15) is 11.3 Å². The molecule has 0 unspecified atom stereocenters. The van der Waals surface area contributed by atoms with Gasteiger partial charge in [-0.25, -0.2) is 0 Å². The number of hydrogen-bond donors (Lipinski definition) is 2. The van der Waals surface area contributed by atoms with Crippen molar-refractivity contribution in [1.29, 1.82) is 0 Å². The topological polar surface area (TPSA) is 109 Å². The molecule has 0 aliphatic heterocycles. The van der Waals surface area contributed by atoms with Crippen molar-refractivity contribution in [1.82, 2.24) is 9.88 Å². The number of amides is 2. The van der Waals surface area contributed by atoms with Crippen molar-refractivity contribution in [2.75, 3.05) is 6.54 Å². The van der Waals surface area contributed by atoms with E-state index < -0.39 is 11.8 Å². The molecule has 4 rings (SSSR count). The third kappa shape index (κ3) is 5.19. The third-order valence-corrected chi connectivity index (χ3v) is 5.19. The van der Waals surface area contributed by atoms with E-state index in [-0.39, 0.29) is 18.1 Å². The molecule has 166 valence electrons. The first kappa shape index (κ1) is 22.0. The van der Waals surface area contributed by atoms with Gasteiger partial charge in [-0.2, -0.15) is 0 Å². The minimum atomic E-state index is -0.669. The Kier molecular flexibility index (Phi) is 6.66. The molecule has 33 heavy (non-hydrogen) atoms. The van der Waals surface area contributed by atoms with Gasteiger partial charge in [0.05, 0.1) is 18.3 Å². The first-order valence-electron chi connectivity index (χ1n) is 10.0. The average Bonchev–Trinajstić information content (AvgIpc) is 3.43. The zero-order chi connectivity index (χ0) is 23.2. The molecular weight excluding hydrogens is 444 g/mol. The molecule has 9 heteroatoms. The summed E-state index contributed by atoms with van der Waals surface area (Å²) in [5, 5.41) is 22.1. The summed E-state index contributed by atoms with van der Waals surface area (Å²) in [6, 6.07) is 18.0. The molecule has 2 amide bonds. The number of rotatable bonds is 7. The van der Waals surface area contributed by atoms with Gasteiger partial charge in [-0.3, -0.25) is 9.59 Å². The van der Waals surface area contributed by atoms with E-state index in [0.717, 1.165) is 5.56 Å². The fourth-order valence-corrected chi connectivity index (χ4v) is 3.43. The number of hydrogen-bond acceptors (Lipinski definition) is 5. The van der Waals surface area contributed by atoms with Crippen LogP contribution in [0, 0.1) is 0 Å². The summed E-state index contributed by atoms with van der Waals surface area (Å²) in [5.41, 5.74) is 1.70. The van der Waals surface area contributed by atoms with Crippen LogP contribution in [0.4, 0.5) is 5.69 Å². The van der Waals surface area contributed by atoms with Gasteiger partial charge in [0.2, 0.25) is 11.8 Å². The maximum atomic E-state index is 12.1. The minimum Gasteiger partial charge on any atom is -0.493 e. The summed E-state index contributed by atoms with van der Waals surface area (Å²) in [6.45, 7) is -0.0304. The number of nitrogens with zero attached hydrogens (tertiary/aromatic N) is 3. The van der Waals surface area contributed by atoms with Crippen LogP contribution in [0.2, 0.25) is 5.02 Å². The molecule has 0 aliphatic rings. The number of aromatic hydroxyl groups is 1. The molecule has 0 bridgehead atoms. The molecule has 2 aromatic carbocycles. The molecule has 0 saturated carbocycles. The fourth-order valence-electron chi connectivity index (χ4n) is 3.23. The Hall–Kier alpha value is -4.17. The van der Waals surface area contributed by atoms with Crippen LogP contribution in [0.25, 0.3) is 17.0 Å². The first-order chi connectivity index (χ1) is 16.0. The van der Waals surface area contributed by atoms with Crippen molar-refractivity contribution in [3.8, 4) is 5.88 Å². The Morgan fingerprint density at radius 2 is 1.88 bits per heavy atom. The standard InChI is InChI=1S/C24H19ClN4O4/c25-19-9-3-1-6-16(19)15-29-20-10-4-2-8-18(20)23(24(29)32)28-27-22(31)14-26-21(30)12-11-17-7-5-13-33-17/h1-13,32H,14-15H2,(H,26,30). The Bertz CT molecular complexity index is 1360. The Morgan fingerprint density at radius 3 is 2.67 bits per heavy atom. The predicted octanol–water partition coefficient (Wildman–Crippen LogP) is 5.08. The van der Waals surface area contributed by atoms with Crippen LogP contribution >= 0.6 is 11.6 Å². The zero-order valence-corrected chi connectivity index (χ0v) is 18.1. The Balaban J connectivity index is 1.49. The number of azo groups is 1. The van der Waals surface area contributed by atoms with Gasteiger partial charge in [-0.15, -0.1) is 10.2 Å². The molecule has 2 heterocycles. The van der Waals surface area contributed by atoms with Gasteiger partial charge in [0.25, 0.3) is 5.91 Å². The highest BCUT2D eigenvalue weighted by Crippen LogP contribution is 2.39. The maximum Gasteiger partial charge on any atom is 0.283 e. The van der Waals surface area contributed by atoms with Gasteiger partial charge in [0.1, 0.15) is 12.3 Å². The number of furan rings is 1. The lowest BCUT2D eigenvalue weighted by molar-refractivity contribution is -0.122. The van der Waals surface area contributed by atoms with E-state index >= 15 is 0 Å². The van der Waals surface area contributed by atoms with Gasteiger partial charge in [-0.05, 0) is 35.9 Å². The molecule has 2 N–H and O–H groups in total. The smallest absolute Gasteiger partial charge is 0.283 e. The number of carbonyl (C=O) groups is 2. The SMILES string of the molecule is O=C(CNC(=O)C=Cc1ccco1)N=Nc1c(O)n(Cc2ccccc2Cl)c2ccccc12. The summed E-state index contributed by atoms with van der Waals surface area (Å²) in [4.78, 5) is 24.0. The lowest BCUT2D eigenvalue weighted by Gasteiger charge is -2.08. The third-order valence-electron chi connectivity index (χ3n) is 4.82. The predicted molar refractivity (Wildman–Crippen MR) is 124 cm³/mol. The Labute approximate surface area is 193 Å². The van der Waals surface area contributed by atoms with E-state index in [1.54, 1.807) is 34.9 Å². The normalized spacial score (nSPS) is 11.5. The minimum absolute atomic E-state index is 0.141. The summed E-state index contributed by atoms with van der Waals surface area (Å²) in [5.74, 6) is -0.774. The number of benzene rings is 2. The van der Waals surface area contributed by atoms with Crippen molar-refractivity contribution in [2.45, 2.75) is 6.54 Å². The van der Waals surface area contributed by atoms with E-state index in [4.69, 9.17) is 16.0 Å². The number of aromatic nitrogens is 1. The van der Waals surface area contributed by atoms with Crippen LogP contribution < -0.4 is 5.32 Å². The van der Waals surface area contributed by atoms with Crippen molar-refractivity contribution in [2.24, 2.45) is 10.2 Å². The Morgan fingerprint density at radius 1 is 1.09 bits per heavy atom. The van der Waals surface area contributed by atoms with E-state index in [1.165, 1.54) is 18.4 Å². The van der Waals surface area contributed by atoms with Crippen LogP contribution in [0.5, 0.6) is 5.88 Å². The molecule has 0 atom stereocenters. The lowest BCUT2D eigenvalue weighted by Crippen LogP contribution is -2.26. The van der Waals surface area contributed by atoms with E-state index in [2.05, 4.69) is 15.5 Å². The summed E-state index contributed by atoms with van der Waals surface area (Å²) >= 11 is 6.27.